The van der Waals surface area contributed by atoms with Crippen molar-refractivity contribution in [1.29, 1.82) is 0 Å². The second-order valence-corrected chi connectivity index (χ2v) is 10.6. The van der Waals surface area contributed by atoms with Crippen LogP contribution in [0.4, 0.5) is 13.2 Å². The van der Waals surface area contributed by atoms with Crippen molar-refractivity contribution < 1.29 is 74.1 Å². The van der Waals surface area contributed by atoms with Crippen LogP contribution in [0.2, 0.25) is 0 Å². The van der Waals surface area contributed by atoms with Crippen LogP contribution in [-0.4, -0.2) is 34.9 Å². The molecule has 0 saturated carbocycles. The molecule has 1 aromatic heterocycles. The number of pyridine rings is 1. The van der Waals surface area contributed by atoms with E-state index in [0.29, 0.717) is 5.69 Å². The van der Waals surface area contributed by atoms with Gasteiger partial charge in [0.25, 0.3) is 0 Å². The average Bonchev–Trinajstić information content (AvgIpc) is 3.36. The van der Waals surface area contributed by atoms with Crippen molar-refractivity contribution >= 4 is 5.78 Å². The second-order valence-electron chi connectivity index (χ2n) is 10.6. The summed E-state index contributed by atoms with van der Waals surface area (Å²) < 4.78 is 42.1. The molecule has 8 heteroatoms. The number of Topliss-reactive ketones (excluding diaryl/α,β-unsaturated/α-hetero) is 1. The van der Waals surface area contributed by atoms with Crippen molar-refractivity contribution in [1.82, 2.24) is 9.88 Å². The molecule has 1 saturated heterocycles. The number of aryl methyl sites for hydroxylation is 1. The number of carbonyl (C=O) groups excluding carboxylic acids is 1. The number of aromatic nitrogens is 1. The van der Waals surface area contributed by atoms with Crippen LogP contribution in [0, 0.1) is 25.1 Å². The molecule has 0 amide bonds. The standard InChI is InChI=1S/C14H21NO2.C12H16FN.C8H7F2.K/c1-4-6-12(7-5-2)17-13-8-9-14(11(3)16)15-10-13;1-10-6-7-14(8-10)9-11-2-4-12(13)5-3-11;1-6-2-4-7(5-3-6)8(9)10;/h8-10,12H,4-7H2,1-3H3;2-5,10H,6-9H2,1H3;2-5H,1H3;/q;;-1;+1/t;10-;;/m.0../s1. The van der Waals surface area contributed by atoms with Crippen molar-refractivity contribution in [3.05, 3.63) is 101 Å². The molecule has 2 aromatic carbocycles. The van der Waals surface area contributed by atoms with Gasteiger partial charge in [0.1, 0.15) is 17.3 Å². The van der Waals surface area contributed by atoms with E-state index in [1.54, 1.807) is 24.4 Å². The summed E-state index contributed by atoms with van der Waals surface area (Å²) in [5.74, 6) is 1.40. The molecule has 42 heavy (non-hydrogen) atoms. The predicted octanol–water partition coefficient (Wildman–Crippen LogP) is 6.07. The number of rotatable bonds is 10. The third-order valence-corrected chi connectivity index (χ3v) is 6.72. The quantitative estimate of drug-likeness (QED) is 0.159. The molecular formula is C34H44F3KN2O2. The number of benzene rings is 2. The number of ketones is 1. The fraction of sp³-hybridized carbons (Fsp3) is 0.441. The van der Waals surface area contributed by atoms with Crippen molar-refractivity contribution in [2.75, 3.05) is 13.1 Å². The summed E-state index contributed by atoms with van der Waals surface area (Å²) in [5, 5.41) is 0. The maximum atomic E-state index is 12.6. The number of nitrogens with zero attached hydrogens (tertiary/aromatic N) is 2. The Kier molecular flexibility index (Phi) is 19.3. The van der Waals surface area contributed by atoms with Gasteiger partial charge in [-0.05, 0) is 68.5 Å². The molecule has 1 aliphatic rings. The smallest absolute Gasteiger partial charge is 0.489 e. The van der Waals surface area contributed by atoms with Crippen molar-refractivity contribution in [2.45, 2.75) is 79.4 Å². The van der Waals surface area contributed by atoms with Crippen LogP contribution < -0.4 is 56.1 Å². The zero-order valence-corrected chi connectivity index (χ0v) is 29.1. The van der Waals surface area contributed by atoms with Crippen LogP contribution >= 0.6 is 0 Å². The molecule has 0 radical (unpaired) electrons. The monoisotopic (exact) mass is 608 g/mol. The molecule has 0 N–H and O–H groups in total. The fourth-order valence-corrected chi connectivity index (χ4v) is 4.45. The zero-order chi connectivity index (χ0) is 30.2. The van der Waals surface area contributed by atoms with E-state index < -0.39 is 6.43 Å². The summed E-state index contributed by atoms with van der Waals surface area (Å²) >= 11 is 0. The van der Waals surface area contributed by atoms with Gasteiger partial charge in [0.2, 0.25) is 0 Å². The number of halogens is 3. The van der Waals surface area contributed by atoms with Gasteiger partial charge in [-0.2, -0.15) is 12.1 Å². The Morgan fingerprint density at radius 3 is 2.10 bits per heavy atom. The Balaban J connectivity index is 0.000000321. The van der Waals surface area contributed by atoms with Crippen molar-refractivity contribution in [3.8, 4) is 5.75 Å². The van der Waals surface area contributed by atoms with Crippen LogP contribution in [0.1, 0.15) is 87.0 Å². The van der Waals surface area contributed by atoms with Gasteiger partial charge in [0.15, 0.2) is 12.2 Å². The minimum absolute atomic E-state index is 0. The Morgan fingerprint density at radius 1 is 1.02 bits per heavy atom. The molecule has 224 valence electrons. The summed E-state index contributed by atoms with van der Waals surface area (Å²) in [6, 6.07) is 16.5. The van der Waals surface area contributed by atoms with E-state index in [4.69, 9.17) is 4.74 Å². The third kappa shape index (κ3) is 15.2. The number of likely N-dealkylation sites (tertiary alicyclic amines) is 1. The summed E-state index contributed by atoms with van der Waals surface area (Å²) in [4.78, 5) is 17.6. The first-order valence-corrected chi connectivity index (χ1v) is 14.5. The maximum Gasteiger partial charge on any atom is 1.00 e. The molecule has 2 heterocycles. The first kappa shape index (κ1) is 38.3. The molecule has 0 spiro atoms. The van der Waals surface area contributed by atoms with Gasteiger partial charge < -0.3 is 4.74 Å². The van der Waals surface area contributed by atoms with Gasteiger partial charge in [0.05, 0.1) is 12.3 Å². The Hall–Kier alpha value is -1.68. The molecule has 1 atom stereocenters. The largest absolute Gasteiger partial charge is 1.00 e. The van der Waals surface area contributed by atoms with Crippen LogP contribution in [0.25, 0.3) is 0 Å². The van der Waals surface area contributed by atoms with Gasteiger partial charge in [-0.1, -0.05) is 51.3 Å². The van der Waals surface area contributed by atoms with Crippen molar-refractivity contribution in [2.24, 2.45) is 5.92 Å². The molecule has 0 unspecified atom stereocenters. The first-order chi connectivity index (χ1) is 19.6. The molecule has 0 bridgehead atoms. The van der Waals surface area contributed by atoms with Gasteiger partial charge in [-0.25, -0.2) is 9.37 Å². The molecule has 4 nitrogen and oxygen atoms in total. The summed E-state index contributed by atoms with van der Waals surface area (Å²) in [5.41, 5.74) is 2.69. The van der Waals surface area contributed by atoms with E-state index in [0.717, 1.165) is 49.5 Å². The number of hydrogen-bond acceptors (Lipinski definition) is 4. The van der Waals surface area contributed by atoms with E-state index in [1.807, 2.05) is 25.1 Å². The normalized spacial score (nSPS) is 14.2. The molecule has 4 rings (SSSR count). The molecule has 0 aliphatic carbocycles. The van der Waals surface area contributed by atoms with E-state index in [2.05, 4.69) is 30.7 Å². The van der Waals surface area contributed by atoms with Crippen molar-refractivity contribution in [3.63, 3.8) is 0 Å². The van der Waals surface area contributed by atoms with Gasteiger partial charge in [0, 0.05) is 20.0 Å². The van der Waals surface area contributed by atoms with Gasteiger partial charge in [-0.15, -0.1) is 17.7 Å². The van der Waals surface area contributed by atoms with Crippen LogP contribution in [0.5, 0.6) is 5.75 Å². The minimum atomic E-state index is -1.62. The molecular weight excluding hydrogens is 564 g/mol. The Morgan fingerprint density at radius 2 is 1.64 bits per heavy atom. The topological polar surface area (TPSA) is 42.4 Å². The molecule has 1 fully saturated rings. The van der Waals surface area contributed by atoms with E-state index in [9.17, 15) is 18.0 Å². The summed E-state index contributed by atoms with van der Waals surface area (Å²) in [7, 11) is 0. The average molecular weight is 609 g/mol. The number of hydrogen-bond donors (Lipinski definition) is 0. The number of carbonyl (C=O) groups is 1. The van der Waals surface area contributed by atoms with E-state index in [-0.39, 0.29) is 74.7 Å². The minimum Gasteiger partial charge on any atom is -0.489 e. The van der Waals surface area contributed by atoms with Crippen LogP contribution in [0.3, 0.4) is 0 Å². The molecule has 3 aromatic rings. The SMILES string of the molecule is CCCC(CCC)Oc1ccc(C(C)=O)nc1.C[C@H]1CCN(Cc2ccc(F)cc2)C1.Cc1ccc([C-](F)F)cc1.[K+]. The van der Waals surface area contributed by atoms with Crippen LogP contribution in [0.15, 0.2) is 66.9 Å². The Labute approximate surface area is 292 Å². The van der Waals surface area contributed by atoms with E-state index in [1.165, 1.54) is 56.3 Å². The van der Waals surface area contributed by atoms with Gasteiger partial charge >= 0.3 is 51.4 Å². The summed E-state index contributed by atoms with van der Waals surface area (Å²) in [6.45, 7) is 13.3. The fourth-order valence-electron chi connectivity index (χ4n) is 4.45. The van der Waals surface area contributed by atoms with E-state index >= 15 is 0 Å². The summed E-state index contributed by atoms with van der Waals surface area (Å²) in [6.07, 6.45) is 5.91. The number of ether oxygens (including phenoxy) is 1. The van der Waals surface area contributed by atoms with Crippen LogP contribution in [-0.2, 0) is 6.54 Å². The predicted molar refractivity (Wildman–Crippen MR) is 160 cm³/mol. The zero-order valence-electron chi connectivity index (χ0n) is 26.0. The second kappa shape index (κ2) is 21.1. The third-order valence-electron chi connectivity index (χ3n) is 6.72. The first-order valence-electron chi connectivity index (χ1n) is 14.5. The molecule has 1 aliphatic heterocycles. The Bertz CT molecular complexity index is 1140. The van der Waals surface area contributed by atoms with Gasteiger partial charge in [-0.3, -0.25) is 18.5 Å². The maximum absolute atomic E-state index is 12.6.